The summed E-state index contributed by atoms with van der Waals surface area (Å²) in [6.45, 7) is 2.28. The van der Waals surface area contributed by atoms with Crippen LogP contribution in [0, 0.1) is 5.92 Å². The Morgan fingerprint density at radius 1 is 1.50 bits per heavy atom. The first-order chi connectivity index (χ1) is 8.57. The van der Waals surface area contributed by atoms with Crippen LogP contribution in [0.4, 0.5) is 0 Å². The third-order valence-corrected chi connectivity index (χ3v) is 4.41. The normalized spacial score (nSPS) is 30.1. The highest BCUT2D eigenvalue weighted by molar-refractivity contribution is 6.30. The van der Waals surface area contributed by atoms with Gasteiger partial charge in [0.05, 0.1) is 11.6 Å². The molecule has 2 rings (SSSR count). The van der Waals surface area contributed by atoms with E-state index >= 15 is 0 Å². The standard InChI is InChI=1S/C15H22ClNO/c1-11-5-4-8-15(10-11,18-2)14(17)12-6-3-7-13(16)9-12/h3,6-7,9,11,14H,4-5,8,10,17H2,1-2H3. The Hall–Kier alpha value is -0.570. The van der Waals surface area contributed by atoms with Crippen LogP contribution in [0.2, 0.25) is 5.02 Å². The molecule has 0 heterocycles. The lowest BCUT2D eigenvalue weighted by Crippen LogP contribution is -2.46. The molecular formula is C15H22ClNO. The van der Waals surface area contributed by atoms with E-state index in [2.05, 4.69) is 6.92 Å². The van der Waals surface area contributed by atoms with Crippen molar-refractivity contribution in [2.24, 2.45) is 11.7 Å². The van der Waals surface area contributed by atoms with E-state index in [4.69, 9.17) is 22.1 Å². The first-order valence-electron chi connectivity index (χ1n) is 6.63. The van der Waals surface area contributed by atoms with Gasteiger partial charge in [-0.1, -0.05) is 43.5 Å². The number of ether oxygens (including phenoxy) is 1. The van der Waals surface area contributed by atoms with Crippen LogP contribution in [0.1, 0.15) is 44.2 Å². The van der Waals surface area contributed by atoms with Crippen molar-refractivity contribution in [2.45, 2.75) is 44.2 Å². The Morgan fingerprint density at radius 3 is 2.89 bits per heavy atom. The Bertz CT molecular complexity index is 409. The molecule has 2 N–H and O–H groups in total. The zero-order chi connectivity index (χ0) is 13.2. The van der Waals surface area contributed by atoms with Crippen molar-refractivity contribution >= 4 is 11.6 Å². The van der Waals surface area contributed by atoms with E-state index in [9.17, 15) is 0 Å². The molecule has 1 fully saturated rings. The second kappa shape index (κ2) is 5.60. The number of nitrogens with two attached hydrogens (primary N) is 1. The molecule has 3 heteroatoms. The van der Waals surface area contributed by atoms with Gasteiger partial charge < -0.3 is 10.5 Å². The van der Waals surface area contributed by atoms with Crippen LogP contribution in [0.25, 0.3) is 0 Å². The molecule has 1 aromatic carbocycles. The van der Waals surface area contributed by atoms with Gasteiger partial charge in [-0.3, -0.25) is 0 Å². The summed E-state index contributed by atoms with van der Waals surface area (Å²) < 4.78 is 5.84. The molecule has 1 saturated carbocycles. The summed E-state index contributed by atoms with van der Waals surface area (Å²) in [6, 6.07) is 7.71. The maximum absolute atomic E-state index is 6.46. The van der Waals surface area contributed by atoms with Crippen LogP contribution in [-0.4, -0.2) is 12.7 Å². The van der Waals surface area contributed by atoms with Gasteiger partial charge in [0.1, 0.15) is 0 Å². The summed E-state index contributed by atoms with van der Waals surface area (Å²) in [6.07, 6.45) is 4.51. The second-order valence-electron chi connectivity index (χ2n) is 5.50. The molecule has 3 atom stereocenters. The Morgan fingerprint density at radius 2 is 2.28 bits per heavy atom. The summed E-state index contributed by atoms with van der Waals surface area (Å²) in [5, 5.41) is 0.734. The quantitative estimate of drug-likeness (QED) is 0.900. The lowest BCUT2D eigenvalue weighted by Gasteiger charge is -2.43. The van der Waals surface area contributed by atoms with E-state index in [-0.39, 0.29) is 11.6 Å². The summed E-state index contributed by atoms with van der Waals surface area (Å²) in [5.74, 6) is 0.670. The van der Waals surface area contributed by atoms with Gasteiger partial charge in [0.15, 0.2) is 0 Å². The summed E-state index contributed by atoms with van der Waals surface area (Å²) >= 11 is 6.05. The van der Waals surface area contributed by atoms with E-state index in [1.54, 1.807) is 7.11 Å². The topological polar surface area (TPSA) is 35.2 Å². The first-order valence-corrected chi connectivity index (χ1v) is 7.01. The maximum atomic E-state index is 6.46. The molecule has 0 radical (unpaired) electrons. The van der Waals surface area contributed by atoms with Crippen molar-refractivity contribution in [1.29, 1.82) is 0 Å². The average molecular weight is 268 g/mol. The molecule has 1 aliphatic carbocycles. The van der Waals surface area contributed by atoms with E-state index in [0.29, 0.717) is 5.92 Å². The minimum atomic E-state index is -0.234. The molecule has 0 spiro atoms. The van der Waals surface area contributed by atoms with Gasteiger partial charge in [-0.2, -0.15) is 0 Å². The number of halogens is 1. The van der Waals surface area contributed by atoms with Crippen LogP contribution in [0.5, 0.6) is 0 Å². The van der Waals surface area contributed by atoms with Gasteiger partial charge in [0.25, 0.3) is 0 Å². The average Bonchev–Trinajstić information content (AvgIpc) is 2.37. The fourth-order valence-corrected chi connectivity index (χ4v) is 3.34. The number of methoxy groups -OCH3 is 1. The maximum Gasteiger partial charge on any atom is 0.0872 e. The molecule has 0 aliphatic heterocycles. The SMILES string of the molecule is COC1(C(N)c2cccc(Cl)c2)CCCC(C)C1. The molecular weight excluding hydrogens is 246 g/mol. The molecule has 100 valence electrons. The third kappa shape index (κ3) is 2.71. The number of benzene rings is 1. The van der Waals surface area contributed by atoms with Gasteiger partial charge in [0, 0.05) is 12.1 Å². The van der Waals surface area contributed by atoms with Crippen molar-refractivity contribution in [3.63, 3.8) is 0 Å². The molecule has 0 amide bonds. The van der Waals surface area contributed by atoms with E-state index < -0.39 is 0 Å². The minimum absolute atomic E-state index is 0.107. The Labute approximate surface area is 114 Å². The van der Waals surface area contributed by atoms with Crippen LogP contribution in [-0.2, 0) is 4.74 Å². The van der Waals surface area contributed by atoms with Gasteiger partial charge in [-0.05, 0) is 36.5 Å². The highest BCUT2D eigenvalue weighted by Gasteiger charge is 2.41. The van der Waals surface area contributed by atoms with Crippen molar-refractivity contribution in [3.8, 4) is 0 Å². The lowest BCUT2D eigenvalue weighted by molar-refractivity contribution is -0.0718. The van der Waals surface area contributed by atoms with Gasteiger partial charge in [-0.15, -0.1) is 0 Å². The molecule has 2 nitrogen and oxygen atoms in total. The molecule has 0 bridgehead atoms. The third-order valence-electron chi connectivity index (χ3n) is 4.17. The van der Waals surface area contributed by atoms with Crippen LogP contribution in [0.15, 0.2) is 24.3 Å². The highest BCUT2D eigenvalue weighted by Crippen LogP contribution is 2.42. The molecule has 0 aromatic heterocycles. The largest absolute Gasteiger partial charge is 0.376 e. The molecule has 1 aromatic rings. The molecule has 18 heavy (non-hydrogen) atoms. The molecule has 3 unspecified atom stereocenters. The molecule has 1 aliphatic rings. The second-order valence-corrected chi connectivity index (χ2v) is 5.94. The highest BCUT2D eigenvalue weighted by atomic mass is 35.5. The van der Waals surface area contributed by atoms with Crippen molar-refractivity contribution in [2.75, 3.05) is 7.11 Å². The van der Waals surface area contributed by atoms with Gasteiger partial charge >= 0.3 is 0 Å². The fourth-order valence-electron chi connectivity index (χ4n) is 3.14. The first kappa shape index (κ1) is 13.9. The fraction of sp³-hybridized carbons (Fsp3) is 0.600. The zero-order valence-corrected chi connectivity index (χ0v) is 11.9. The van der Waals surface area contributed by atoms with E-state index in [1.165, 1.54) is 12.8 Å². The molecule has 0 saturated heterocycles. The van der Waals surface area contributed by atoms with E-state index in [0.717, 1.165) is 23.4 Å². The van der Waals surface area contributed by atoms with Crippen LogP contribution >= 0.6 is 11.6 Å². The van der Waals surface area contributed by atoms with Crippen molar-refractivity contribution in [1.82, 2.24) is 0 Å². The van der Waals surface area contributed by atoms with Crippen molar-refractivity contribution < 1.29 is 4.74 Å². The van der Waals surface area contributed by atoms with Gasteiger partial charge in [0.2, 0.25) is 0 Å². The summed E-state index contributed by atoms with van der Waals surface area (Å²) in [4.78, 5) is 0. The summed E-state index contributed by atoms with van der Waals surface area (Å²) in [5.41, 5.74) is 7.30. The number of rotatable bonds is 3. The Kier molecular flexibility index (Phi) is 4.31. The predicted molar refractivity (Wildman–Crippen MR) is 75.8 cm³/mol. The monoisotopic (exact) mass is 267 g/mol. The predicted octanol–water partition coefficient (Wildman–Crippen LogP) is 3.94. The number of hydrogen-bond donors (Lipinski definition) is 1. The Balaban J connectivity index is 2.26. The van der Waals surface area contributed by atoms with Crippen LogP contribution in [0.3, 0.4) is 0 Å². The summed E-state index contributed by atoms with van der Waals surface area (Å²) in [7, 11) is 1.78. The minimum Gasteiger partial charge on any atom is -0.376 e. The van der Waals surface area contributed by atoms with E-state index in [1.807, 2.05) is 24.3 Å². The number of hydrogen-bond acceptors (Lipinski definition) is 2. The zero-order valence-electron chi connectivity index (χ0n) is 11.2. The van der Waals surface area contributed by atoms with Crippen molar-refractivity contribution in [3.05, 3.63) is 34.9 Å². The van der Waals surface area contributed by atoms with Gasteiger partial charge in [-0.25, -0.2) is 0 Å². The lowest BCUT2D eigenvalue weighted by atomic mass is 9.73. The smallest absolute Gasteiger partial charge is 0.0872 e. The van der Waals surface area contributed by atoms with Crippen LogP contribution < -0.4 is 5.73 Å².